The van der Waals surface area contributed by atoms with Gasteiger partial charge in [-0.1, -0.05) is 24.4 Å². The Morgan fingerprint density at radius 2 is 2.29 bits per heavy atom. The molecule has 0 aliphatic carbocycles. The first-order valence-electron chi connectivity index (χ1n) is 7.43. The van der Waals surface area contributed by atoms with E-state index in [1.165, 1.54) is 17.8 Å². The predicted octanol–water partition coefficient (Wildman–Crippen LogP) is 2.60. The fourth-order valence-corrected chi connectivity index (χ4v) is 3.85. The summed E-state index contributed by atoms with van der Waals surface area (Å²) < 4.78 is 0.749. The Balaban J connectivity index is 1.89. The first-order chi connectivity index (χ1) is 10.1. The number of likely N-dealkylation sites (N-methyl/N-ethyl adjacent to an activating group) is 1. The van der Waals surface area contributed by atoms with Crippen molar-refractivity contribution in [3.8, 4) is 0 Å². The number of carbonyl (C=O) groups is 1. The summed E-state index contributed by atoms with van der Waals surface area (Å²) in [6.45, 7) is 2.02. The number of hydrogen-bond donors (Lipinski definition) is 1. The van der Waals surface area contributed by atoms with Gasteiger partial charge in [0.15, 0.2) is 0 Å². The molecule has 118 valence electrons. The molecule has 1 N–H and O–H groups in total. The van der Waals surface area contributed by atoms with E-state index in [0.717, 1.165) is 35.0 Å². The van der Waals surface area contributed by atoms with Gasteiger partial charge in [0.25, 0.3) is 0 Å². The van der Waals surface area contributed by atoms with Gasteiger partial charge in [0.2, 0.25) is 5.91 Å². The molecule has 1 fully saturated rings. The number of thiophene rings is 1. The van der Waals surface area contributed by atoms with Crippen LogP contribution in [0.2, 0.25) is 4.34 Å². The molecular formula is C15H23ClN2O2S. The minimum Gasteiger partial charge on any atom is -0.395 e. The highest BCUT2D eigenvalue weighted by atomic mass is 35.5. The standard InChI is InChI=1S/C15H23ClN2O2S/c1-17(9-13-6-7-14(16)21-13)15(20)10-18-8-4-2-3-5-12(18)11-19/h6-7,12,19H,2-5,8-11H2,1H3. The molecule has 1 aromatic rings. The van der Waals surface area contributed by atoms with Gasteiger partial charge in [-0.05, 0) is 31.5 Å². The van der Waals surface area contributed by atoms with Gasteiger partial charge in [0.1, 0.15) is 0 Å². The van der Waals surface area contributed by atoms with Gasteiger partial charge >= 0.3 is 0 Å². The largest absolute Gasteiger partial charge is 0.395 e. The molecule has 0 aromatic carbocycles. The third-order valence-corrected chi connectivity index (χ3v) is 5.21. The van der Waals surface area contributed by atoms with Crippen molar-refractivity contribution in [2.24, 2.45) is 0 Å². The topological polar surface area (TPSA) is 43.8 Å². The quantitative estimate of drug-likeness (QED) is 0.902. The van der Waals surface area contributed by atoms with Crippen LogP contribution in [0.1, 0.15) is 30.6 Å². The van der Waals surface area contributed by atoms with Gasteiger partial charge < -0.3 is 10.0 Å². The van der Waals surface area contributed by atoms with Crippen molar-refractivity contribution in [1.29, 1.82) is 0 Å². The van der Waals surface area contributed by atoms with Gasteiger partial charge in [-0.25, -0.2) is 0 Å². The molecule has 2 heterocycles. The highest BCUT2D eigenvalue weighted by molar-refractivity contribution is 7.16. The number of carbonyl (C=O) groups excluding carboxylic acids is 1. The summed E-state index contributed by atoms with van der Waals surface area (Å²) >= 11 is 7.42. The number of aliphatic hydroxyl groups excluding tert-OH is 1. The van der Waals surface area contributed by atoms with Crippen molar-refractivity contribution < 1.29 is 9.90 Å². The third kappa shape index (κ3) is 4.95. The van der Waals surface area contributed by atoms with Crippen LogP contribution < -0.4 is 0 Å². The monoisotopic (exact) mass is 330 g/mol. The van der Waals surface area contributed by atoms with E-state index >= 15 is 0 Å². The maximum Gasteiger partial charge on any atom is 0.236 e. The van der Waals surface area contributed by atoms with Gasteiger partial charge in [-0.2, -0.15) is 0 Å². The van der Waals surface area contributed by atoms with Crippen molar-refractivity contribution in [2.45, 2.75) is 38.3 Å². The number of amides is 1. The molecule has 4 nitrogen and oxygen atoms in total. The van der Waals surface area contributed by atoms with Gasteiger partial charge in [-0.3, -0.25) is 9.69 Å². The lowest BCUT2D eigenvalue weighted by Crippen LogP contribution is -2.44. The summed E-state index contributed by atoms with van der Waals surface area (Å²) in [5.41, 5.74) is 0. The summed E-state index contributed by atoms with van der Waals surface area (Å²) in [6.07, 6.45) is 4.41. The van der Waals surface area contributed by atoms with Crippen molar-refractivity contribution in [2.75, 3.05) is 26.7 Å². The van der Waals surface area contributed by atoms with Gasteiger partial charge in [0.05, 0.1) is 24.0 Å². The summed E-state index contributed by atoms with van der Waals surface area (Å²) in [6, 6.07) is 3.94. The Kier molecular flexibility index (Phi) is 6.48. The van der Waals surface area contributed by atoms with E-state index in [1.54, 1.807) is 4.90 Å². The van der Waals surface area contributed by atoms with Crippen molar-refractivity contribution in [3.05, 3.63) is 21.3 Å². The van der Waals surface area contributed by atoms with Gasteiger partial charge in [0, 0.05) is 18.0 Å². The van der Waals surface area contributed by atoms with E-state index in [0.29, 0.717) is 13.1 Å². The second-order valence-electron chi connectivity index (χ2n) is 5.61. The number of likely N-dealkylation sites (tertiary alicyclic amines) is 1. The van der Waals surface area contributed by atoms with Crippen LogP contribution in [0.4, 0.5) is 0 Å². The molecule has 1 unspecified atom stereocenters. The Morgan fingerprint density at radius 3 is 2.95 bits per heavy atom. The molecule has 1 atom stereocenters. The van der Waals surface area contributed by atoms with Gasteiger partial charge in [-0.15, -0.1) is 11.3 Å². The lowest BCUT2D eigenvalue weighted by atomic mass is 10.1. The number of halogens is 1. The average molecular weight is 331 g/mol. The average Bonchev–Trinajstić information content (AvgIpc) is 2.74. The fourth-order valence-electron chi connectivity index (χ4n) is 2.70. The third-order valence-electron chi connectivity index (χ3n) is 4.00. The Hall–Kier alpha value is -0.620. The highest BCUT2D eigenvalue weighted by Crippen LogP contribution is 2.22. The van der Waals surface area contributed by atoms with E-state index in [4.69, 9.17) is 11.6 Å². The molecule has 1 aliphatic rings. The molecule has 0 saturated carbocycles. The number of rotatable bonds is 5. The first-order valence-corrected chi connectivity index (χ1v) is 8.62. The lowest BCUT2D eigenvalue weighted by molar-refractivity contribution is -0.132. The van der Waals surface area contributed by atoms with Crippen LogP contribution in [-0.4, -0.2) is 53.6 Å². The van der Waals surface area contributed by atoms with Crippen LogP contribution >= 0.6 is 22.9 Å². The van der Waals surface area contributed by atoms with E-state index in [2.05, 4.69) is 4.90 Å². The van der Waals surface area contributed by atoms with Crippen molar-refractivity contribution in [1.82, 2.24) is 9.80 Å². The number of hydrogen-bond acceptors (Lipinski definition) is 4. The summed E-state index contributed by atoms with van der Waals surface area (Å²) in [5, 5.41) is 9.50. The van der Waals surface area contributed by atoms with Crippen LogP contribution in [0.25, 0.3) is 0 Å². The summed E-state index contributed by atoms with van der Waals surface area (Å²) in [5.74, 6) is 0.0971. The van der Waals surface area contributed by atoms with E-state index in [1.807, 2.05) is 19.2 Å². The van der Waals surface area contributed by atoms with Crippen LogP contribution in [0.15, 0.2) is 12.1 Å². The SMILES string of the molecule is CN(Cc1ccc(Cl)s1)C(=O)CN1CCCCCC1CO. The molecule has 1 saturated heterocycles. The van der Waals surface area contributed by atoms with Crippen LogP contribution in [-0.2, 0) is 11.3 Å². The summed E-state index contributed by atoms with van der Waals surface area (Å²) in [4.78, 5) is 17.3. The molecule has 2 rings (SSSR count). The Bertz CT molecular complexity index is 466. The molecule has 1 aliphatic heterocycles. The molecule has 0 bridgehead atoms. The minimum atomic E-state index is 0.0971. The zero-order valence-electron chi connectivity index (χ0n) is 12.4. The molecule has 1 aromatic heterocycles. The Labute approximate surface area is 135 Å². The van der Waals surface area contributed by atoms with Crippen LogP contribution in [0.5, 0.6) is 0 Å². The normalized spacial score (nSPS) is 20.2. The maximum atomic E-state index is 12.4. The fraction of sp³-hybridized carbons (Fsp3) is 0.667. The van der Waals surface area contributed by atoms with Crippen LogP contribution in [0.3, 0.4) is 0 Å². The van der Waals surface area contributed by atoms with E-state index in [-0.39, 0.29) is 18.6 Å². The predicted molar refractivity (Wildman–Crippen MR) is 86.7 cm³/mol. The second-order valence-corrected chi connectivity index (χ2v) is 7.41. The molecule has 21 heavy (non-hydrogen) atoms. The minimum absolute atomic E-state index is 0.0971. The zero-order valence-corrected chi connectivity index (χ0v) is 14.0. The number of aliphatic hydroxyl groups is 1. The molecule has 0 spiro atoms. The lowest BCUT2D eigenvalue weighted by Gasteiger charge is -2.29. The number of nitrogens with zero attached hydrogens (tertiary/aromatic N) is 2. The molecule has 6 heteroatoms. The van der Waals surface area contributed by atoms with Crippen LogP contribution in [0, 0.1) is 0 Å². The molecule has 1 amide bonds. The summed E-state index contributed by atoms with van der Waals surface area (Å²) in [7, 11) is 1.82. The maximum absolute atomic E-state index is 12.4. The molecular weight excluding hydrogens is 308 g/mol. The second kappa shape index (κ2) is 8.13. The van der Waals surface area contributed by atoms with Crippen molar-refractivity contribution >= 4 is 28.8 Å². The van der Waals surface area contributed by atoms with E-state index in [9.17, 15) is 9.90 Å². The Morgan fingerprint density at radius 1 is 1.48 bits per heavy atom. The van der Waals surface area contributed by atoms with E-state index < -0.39 is 0 Å². The zero-order chi connectivity index (χ0) is 15.2. The highest BCUT2D eigenvalue weighted by Gasteiger charge is 2.23. The smallest absolute Gasteiger partial charge is 0.236 e. The molecule has 0 radical (unpaired) electrons. The van der Waals surface area contributed by atoms with Crippen molar-refractivity contribution in [3.63, 3.8) is 0 Å². The first kappa shape index (κ1) is 16.7.